The first kappa shape index (κ1) is 14.0. The SMILES string of the molecule is O=C(O)CCCc1ccc(C(=O)c2ccccc2)cc1. The molecule has 20 heavy (non-hydrogen) atoms. The van der Waals surface area contributed by atoms with E-state index in [2.05, 4.69) is 0 Å². The number of carboxylic acid groups (broad SMARTS) is 1. The number of rotatable bonds is 6. The molecule has 2 aromatic rings. The molecule has 0 bridgehead atoms. The van der Waals surface area contributed by atoms with E-state index in [-0.39, 0.29) is 12.2 Å². The third-order valence-electron chi connectivity index (χ3n) is 3.11. The lowest BCUT2D eigenvalue weighted by Gasteiger charge is -2.03. The fourth-order valence-corrected chi connectivity index (χ4v) is 2.02. The molecule has 0 saturated carbocycles. The molecule has 0 amide bonds. The number of carbonyl (C=O) groups excluding carboxylic acids is 1. The van der Waals surface area contributed by atoms with Crippen LogP contribution in [0.15, 0.2) is 54.6 Å². The van der Waals surface area contributed by atoms with Gasteiger partial charge < -0.3 is 5.11 Å². The van der Waals surface area contributed by atoms with Gasteiger partial charge in [-0.05, 0) is 18.4 Å². The minimum atomic E-state index is -0.777. The Kier molecular flexibility index (Phi) is 4.66. The predicted molar refractivity (Wildman–Crippen MR) is 76.9 cm³/mol. The molecular formula is C17H16O3. The normalized spacial score (nSPS) is 10.2. The zero-order valence-electron chi connectivity index (χ0n) is 11.1. The first-order valence-electron chi connectivity index (χ1n) is 6.57. The van der Waals surface area contributed by atoms with Crippen LogP contribution in [-0.4, -0.2) is 16.9 Å². The molecule has 0 heterocycles. The lowest BCUT2D eigenvalue weighted by atomic mass is 10.0. The number of benzene rings is 2. The molecule has 0 fully saturated rings. The van der Waals surface area contributed by atoms with Gasteiger partial charge in [-0.15, -0.1) is 0 Å². The summed E-state index contributed by atoms with van der Waals surface area (Å²) in [5, 5.41) is 8.59. The number of aryl methyl sites for hydroxylation is 1. The molecule has 0 atom stereocenters. The van der Waals surface area contributed by atoms with Gasteiger partial charge in [0.25, 0.3) is 0 Å². The van der Waals surface area contributed by atoms with E-state index < -0.39 is 5.97 Å². The Hall–Kier alpha value is -2.42. The summed E-state index contributed by atoms with van der Waals surface area (Å²) in [7, 11) is 0. The lowest BCUT2D eigenvalue weighted by molar-refractivity contribution is -0.137. The Labute approximate surface area is 117 Å². The monoisotopic (exact) mass is 268 g/mol. The second-order valence-corrected chi connectivity index (χ2v) is 4.64. The number of carboxylic acids is 1. The third-order valence-corrected chi connectivity index (χ3v) is 3.11. The summed E-state index contributed by atoms with van der Waals surface area (Å²) in [6, 6.07) is 16.5. The summed E-state index contributed by atoms with van der Waals surface area (Å²) < 4.78 is 0. The molecule has 3 nitrogen and oxygen atoms in total. The van der Waals surface area contributed by atoms with E-state index in [9.17, 15) is 9.59 Å². The van der Waals surface area contributed by atoms with Crippen molar-refractivity contribution in [2.45, 2.75) is 19.3 Å². The van der Waals surface area contributed by atoms with Gasteiger partial charge in [-0.25, -0.2) is 0 Å². The van der Waals surface area contributed by atoms with E-state index in [0.29, 0.717) is 24.0 Å². The molecular weight excluding hydrogens is 252 g/mol. The van der Waals surface area contributed by atoms with Gasteiger partial charge in [-0.1, -0.05) is 54.6 Å². The van der Waals surface area contributed by atoms with Gasteiger partial charge in [0.2, 0.25) is 0 Å². The van der Waals surface area contributed by atoms with Crippen molar-refractivity contribution in [1.82, 2.24) is 0 Å². The smallest absolute Gasteiger partial charge is 0.303 e. The fraction of sp³-hybridized carbons (Fsp3) is 0.176. The highest BCUT2D eigenvalue weighted by molar-refractivity contribution is 6.08. The summed E-state index contributed by atoms with van der Waals surface area (Å²) >= 11 is 0. The molecule has 0 aliphatic carbocycles. The highest BCUT2D eigenvalue weighted by Crippen LogP contribution is 2.12. The van der Waals surface area contributed by atoms with Crippen molar-refractivity contribution in [3.05, 3.63) is 71.3 Å². The van der Waals surface area contributed by atoms with Crippen LogP contribution in [0.25, 0.3) is 0 Å². The van der Waals surface area contributed by atoms with Crippen molar-refractivity contribution in [3.8, 4) is 0 Å². The minimum absolute atomic E-state index is 0.00249. The van der Waals surface area contributed by atoms with Gasteiger partial charge in [-0.3, -0.25) is 9.59 Å². The van der Waals surface area contributed by atoms with Crippen LogP contribution in [0.3, 0.4) is 0 Å². The molecule has 2 aromatic carbocycles. The van der Waals surface area contributed by atoms with E-state index >= 15 is 0 Å². The summed E-state index contributed by atoms with van der Waals surface area (Å²) in [6.07, 6.45) is 1.50. The van der Waals surface area contributed by atoms with Crippen molar-refractivity contribution in [2.24, 2.45) is 0 Å². The Morgan fingerprint density at radius 1 is 0.850 bits per heavy atom. The molecule has 0 aliphatic rings. The Morgan fingerprint density at radius 3 is 2.05 bits per heavy atom. The van der Waals surface area contributed by atoms with Gasteiger partial charge >= 0.3 is 5.97 Å². The van der Waals surface area contributed by atoms with Crippen LogP contribution in [0.2, 0.25) is 0 Å². The van der Waals surface area contributed by atoms with Gasteiger partial charge in [0.15, 0.2) is 5.78 Å². The molecule has 102 valence electrons. The van der Waals surface area contributed by atoms with Crippen molar-refractivity contribution < 1.29 is 14.7 Å². The fourth-order valence-electron chi connectivity index (χ4n) is 2.02. The molecule has 3 heteroatoms. The Bertz CT molecular complexity index is 585. The maximum atomic E-state index is 12.2. The zero-order valence-corrected chi connectivity index (χ0v) is 11.1. The van der Waals surface area contributed by atoms with Crippen LogP contribution in [0, 0.1) is 0 Å². The topological polar surface area (TPSA) is 54.4 Å². The minimum Gasteiger partial charge on any atom is -0.481 e. The Morgan fingerprint density at radius 2 is 1.45 bits per heavy atom. The zero-order chi connectivity index (χ0) is 14.4. The molecule has 0 unspecified atom stereocenters. The first-order chi connectivity index (χ1) is 9.66. The third kappa shape index (κ3) is 3.79. The number of ketones is 1. The van der Waals surface area contributed by atoms with Crippen molar-refractivity contribution in [3.63, 3.8) is 0 Å². The van der Waals surface area contributed by atoms with Crippen LogP contribution < -0.4 is 0 Å². The van der Waals surface area contributed by atoms with Gasteiger partial charge in [0, 0.05) is 17.5 Å². The highest BCUT2D eigenvalue weighted by Gasteiger charge is 2.08. The summed E-state index contributed by atoms with van der Waals surface area (Å²) in [5.41, 5.74) is 2.38. The molecule has 1 N–H and O–H groups in total. The largest absolute Gasteiger partial charge is 0.481 e. The number of hydrogen-bond acceptors (Lipinski definition) is 2. The summed E-state index contributed by atoms with van der Waals surface area (Å²) in [6.45, 7) is 0. The highest BCUT2D eigenvalue weighted by atomic mass is 16.4. The number of carbonyl (C=O) groups is 2. The number of aliphatic carboxylic acids is 1. The van der Waals surface area contributed by atoms with Crippen LogP contribution in [0.5, 0.6) is 0 Å². The molecule has 0 spiro atoms. The van der Waals surface area contributed by atoms with Crippen LogP contribution in [0.1, 0.15) is 34.3 Å². The van der Waals surface area contributed by atoms with Crippen LogP contribution in [0.4, 0.5) is 0 Å². The van der Waals surface area contributed by atoms with Crippen molar-refractivity contribution in [1.29, 1.82) is 0 Å². The van der Waals surface area contributed by atoms with E-state index in [4.69, 9.17) is 5.11 Å². The number of hydrogen-bond donors (Lipinski definition) is 1. The predicted octanol–water partition coefficient (Wildman–Crippen LogP) is 3.32. The van der Waals surface area contributed by atoms with Crippen molar-refractivity contribution in [2.75, 3.05) is 0 Å². The lowest BCUT2D eigenvalue weighted by Crippen LogP contribution is -2.01. The molecule has 0 radical (unpaired) electrons. The average Bonchev–Trinajstić information content (AvgIpc) is 2.48. The summed E-state index contributed by atoms with van der Waals surface area (Å²) in [5.74, 6) is -0.774. The molecule has 2 rings (SSSR count). The second-order valence-electron chi connectivity index (χ2n) is 4.64. The second kappa shape index (κ2) is 6.66. The van der Waals surface area contributed by atoms with Gasteiger partial charge in [0.1, 0.15) is 0 Å². The maximum Gasteiger partial charge on any atom is 0.303 e. The van der Waals surface area contributed by atoms with Gasteiger partial charge in [-0.2, -0.15) is 0 Å². The quantitative estimate of drug-likeness (QED) is 0.818. The van der Waals surface area contributed by atoms with Gasteiger partial charge in [0.05, 0.1) is 0 Å². The van der Waals surface area contributed by atoms with Crippen molar-refractivity contribution >= 4 is 11.8 Å². The van der Waals surface area contributed by atoms with E-state index in [1.165, 1.54) is 0 Å². The van der Waals surface area contributed by atoms with Crippen LogP contribution in [-0.2, 0) is 11.2 Å². The molecule has 0 saturated heterocycles. The molecule has 0 aliphatic heterocycles. The van der Waals surface area contributed by atoms with Crippen LogP contribution >= 0.6 is 0 Å². The van der Waals surface area contributed by atoms with E-state index in [1.54, 1.807) is 24.3 Å². The van der Waals surface area contributed by atoms with E-state index in [0.717, 1.165) is 5.56 Å². The average molecular weight is 268 g/mol. The summed E-state index contributed by atoms with van der Waals surface area (Å²) in [4.78, 5) is 22.6. The standard InChI is InChI=1S/C17H16O3/c18-16(19)8-4-5-13-9-11-15(12-10-13)17(20)14-6-2-1-3-7-14/h1-3,6-7,9-12H,4-5,8H2,(H,18,19). The molecule has 0 aromatic heterocycles. The maximum absolute atomic E-state index is 12.2. The Balaban J connectivity index is 2.01. The van der Waals surface area contributed by atoms with E-state index in [1.807, 2.05) is 30.3 Å². The first-order valence-corrected chi connectivity index (χ1v) is 6.57.